The molecule has 0 aromatic heterocycles. The van der Waals surface area contributed by atoms with Crippen LogP contribution in [0.3, 0.4) is 0 Å². The molecule has 0 fully saturated rings. The number of aromatic hydroxyl groups is 2. The van der Waals surface area contributed by atoms with E-state index in [0.29, 0.717) is 12.1 Å². The van der Waals surface area contributed by atoms with Gasteiger partial charge in [-0.25, -0.2) is 0 Å². The highest BCUT2D eigenvalue weighted by Crippen LogP contribution is 2.45. The highest BCUT2D eigenvalue weighted by Gasteiger charge is 2.25. The number of azo groups is 1. The highest BCUT2D eigenvalue weighted by atomic mass is 32.2. The van der Waals surface area contributed by atoms with E-state index in [0.717, 1.165) is 30.3 Å². The lowest BCUT2D eigenvalue weighted by Gasteiger charge is -2.11. The van der Waals surface area contributed by atoms with Gasteiger partial charge in [-0.1, -0.05) is 0 Å². The Hall–Kier alpha value is -3.15. The first-order chi connectivity index (χ1) is 14.6. The molecule has 0 unspecified atom stereocenters. The second kappa shape index (κ2) is 7.76. The second-order valence-electron chi connectivity index (χ2n) is 6.23. The summed E-state index contributed by atoms with van der Waals surface area (Å²) in [7, 11) is -14.3. The minimum atomic E-state index is -5.06. The molecule has 170 valence electrons. The van der Waals surface area contributed by atoms with Crippen molar-refractivity contribution in [2.24, 2.45) is 10.2 Å². The van der Waals surface area contributed by atoms with E-state index in [4.69, 9.17) is 9.11 Å². The quantitative estimate of drug-likeness (QED) is 0.250. The van der Waals surface area contributed by atoms with Gasteiger partial charge in [0.1, 0.15) is 16.3 Å². The maximum absolute atomic E-state index is 11.8. The molecule has 0 saturated heterocycles. The Morgan fingerprint density at radius 3 is 1.72 bits per heavy atom. The van der Waals surface area contributed by atoms with Gasteiger partial charge in [-0.05, 0) is 41.8 Å². The Balaban J connectivity index is 2.25. The average Bonchev–Trinajstić information content (AvgIpc) is 2.64. The van der Waals surface area contributed by atoms with Gasteiger partial charge in [0.2, 0.25) is 0 Å². The number of phenols is 2. The molecular formula is C16H12N2O11S3. The normalized spacial score (nSPS) is 13.1. The Bertz CT molecular complexity index is 1590. The summed E-state index contributed by atoms with van der Waals surface area (Å²) in [5, 5.41) is 26.9. The van der Waals surface area contributed by atoms with E-state index in [1.807, 2.05) is 0 Å². The van der Waals surface area contributed by atoms with Gasteiger partial charge in [0.15, 0.2) is 5.75 Å². The van der Waals surface area contributed by atoms with Crippen LogP contribution < -0.4 is 0 Å². The van der Waals surface area contributed by atoms with Crippen LogP contribution >= 0.6 is 0 Å². The third kappa shape index (κ3) is 4.69. The molecule has 16 heteroatoms. The van der Waals surface area contributed by atoms with E-state index in [1.54, 1.807) is 0 Å². The van der Waals surface area contributed by atoms with Gasteiger partial charge in [0, 0.05) is 6.07 Å². The molecule has 32 heavy (non-hydrogen) atoms. The van der Waals surface area contributed by atoms with Gasteiger partial charge in [0.25, 0.3) is 30.4 Å². The summed E-state index contributed by atoms with van der Waals surface area (Å²) < 4.78 is 96.0. The van der Waals surface area contributed by atoms with Crippen LogP contribution in [0, 0.1) is 0 Å². The van der Waals surface area contributed by atoms with Crippen LogP contribution in [0.25, 0.3) is 10.8 Å². The number of rotatable bonds is 5. The lowest BCUT2D eigenvalue weighted by Crippen LogP contribution is -2.01. The first-order valence-electron chi connectivity index (χ1n) is 8.06. The fourth-order valence-corrected chi connectivity index (χ4v) is 4.35. The van der Waals surface area contributed by atoms with Crippen molar-refractivity contribution < 1.29 is 49.1 Å². The van der Waals surface area contributed by atoms with E-state index >= 15 is 0 Å². The number of hydrogen-bond donors (Lipinski definition) is 5. The number of fused-ring (bicyclic) bond motifs is 1. The topological polar surface area (TPSA) is 228 Å². The van der Waals surface area contributed by atoms with Gasteiger partial charge >= 0.3 is 0 Å². The van der Waals surface area contributed by atoms with Crippen molar-refractivity contribution >= 4 is 52.5 Å². The first-order valence-corrected chi connectivity index (χ1v) is 12.4. The van der Waals surface area contributed by atoms with Crippen LogP contribution in [-0.4, -0.2) is 49.1 Å². The minimum Gasteiger partial charge on any atom is -0.507 e. The van der Waals surface area contributed by atoms with Crippen molar-refractivity contribution in [2.45, 2.75) is 14.7 Å². The zero-order valence-corrected chi connectivity index (χ0v) is 17.8. The average molecular weight is 504 g/mol. The van der Waals surface area contributed by atoms with Crippen LogP contribution in [0.15, 0.2) is 67.4 Å². The van der Waals surface area contributed by atoms with E-state index in [2.05, 4.69) is 10.2 Å². The van der Waals surface area contributed by atoms with E-state index < -0.39 is 67.6 Å². The molecule has 0 atom stereocenters. The number of benzene rings is 3. The Labute approximate surface area is 180 Å². The minimum absolute atomic E-state index is 0.0517. The van der Waals surface area contributed by atoms with Crippen LogP contribution in [-0.2, 0) is 30.4 Å². The third-order valence-electron chi connectivity index (χ3n) is 4.08. The molecule has 0 aliphatic carbocycles. The molecule has 13 nitrogen and oxygen atoms in total. The Morgan fingerprint density at radius 2 is 1.22 bits per heavy atom. The van der Waals surface area contributed by atoms with Crippen molar-refractivity contribution in [2.75, 3.05) is 0 Å². The maximum Gasteiger partial charge on any atom is 0.296 e. The molecule has 3 rings (SSSR count). The summed E-state index contributed by atoms with van der Waals surface area (Å²) in [6.45, 7) is 0. The summed E-state index contributed by atoms with van der Waals surface area (Å²) in [5.41, 5.74) is -0.877. The Kier molecular flexibility index (Phi) is 5.71. The zero-order valence-electron chi connectivity index (χ0n) is 15.3. The van der Waals surface area contributed by atoms with Crippen molar-refractivity contribution in [3.05, 3.63) is 42.5 Å². The van der Waals surface area contributed by atoms with Crippen LogP contribution in [0.5, 0.6) is 11.5 Å². The second-order valence-corrected chi connectivity index (χ2v) is 10.5. The molecule has 0 amide bonds. The van der Waals surface area contributed by atoms with E-state index in [-0.39, 0.29) is 11.1 Å². The molecule has 3 aromatic rings. The van der Waals surface area contributed by atoms with Gasteiger partial charge in [-0.3, -0.25) is 13.7 Å². The zero-order chi connectivity index (χ0) is 24.1. The monoisotopic (exact) mass is 504 g/mol. The predicted molar refractivity (Wildman–Crippen MR) is 107 cm³/mol. The van der Waals surface area contributed by atoms with Crippen molar-refractivity contribution in [1.82, 2.24) is 0 Å². The molecule has 0 aliphatic heterocycles. The van der Waals surface area contributed by atoms with Crippen molar-refractivity contribution in [1.29, 1.82) is 0 Å². The number of nitrogens with zero attached hydrogens (tertiary/aromatic N) is 2. The number of hydrogen-bond acceptors (Lipinski definition) is 10. The van der Waals surface area contributed by atoms with Gasteiger partial charge in [-0.2, -0.15) is 30.4 Å². The molecule has 5 N–H and O–H groups in total. The SMILES string of the molecule is O=S(=O)(O)c1ccc(N=Nc2c(S(=O)(=O)O)cc3cc(S(=O)(=O)O)cc(O)c3c2O)cc1. The van der Waals surface area contributed by atoms with E-state index in [1.165, 1.54) is 0 Å². The van der Waals surface area contributed by atoms with Gasteiger partial charge in [0.05, 0.1) is 20.9 Å². The number of phenolic OH excluding ortho intramolecular Hbond substituents is 2. The smallest absolute Gasteiger partial charge is 0.296 e. The van der Waals surface area contributed by atoms with Crippen LogP contribution in [0.4, 0.5) is 11.4 Å². The maximum atomic E-state index is 11.8. The molecule has 0 heterocycles. The molecule has 0 saturated carbocycles. The summed E-state index contributed by atoms with van der Waals surface area (Å²) in [5.74, 6) is -1.85. The molecule has 3 aromatic carbocycles. The van der Waals surface area contributed by atoms with Crippen LogP contribution in [0.2, 0.25) is 0 Å². The largest absolute Gasteiger partial charge is 0.507 e. The van der Waals surface area contributed by atoms with Gasteiger partial charge < -0.3 is 10.2 Å². The Morgan fingerprint density at radius 1 is 0.656 bits per heavy atom. The summed E-state index contributed by atoms with van der Waals surface area (Å²) in [6, 6.07) is 6.15. The lowest BCUT2D eigenvalue weighted by molar-refractivity contribution is 0.457. The lowest BCUT2D eigenvalue weighted by atomic mass is 10.1. The standard InChI is InChI=1S/C16H12N2O11S3/c19-12-7-11(31(24,25)26)5-8-6-13(32(27,28)29)15(16(20)14(8)12)18-17-9-1-3-10(4-2-9)30(21,22)23/h1-7,19-20H,(H,21,22,23)(H,24,25,26)(H,27,28,29). The molecule has 0 spiro atoms. The van der Waals surface area contributed by atoms with Crippen molar-refractivity contribution in [3.63, 3.8) is 0 Å². The first kappa shape index (κ1) is 23.5. The fourth-order valence-electron chi connectivity index (χ4n) is 2.67. The van der Waals surface area contributed by atoms with E-state index in [9.17, 15) is 40.0 Å². The summed E-state index contributed by atoms with van der Waals surface area (Å²) in [4.78, 5) is -2.27. The van der Waals surface area contributed by atoms with Crippen LogP contribution in [0.1, 0.15) is 0 Å². The molecular weight excluding hydrogens is 492 g/mol. The van der Waals surface area contributed by atoms with Gasteiger partial charge in [-0.15, -0.1) is 5.11 Å². The highest BCUT2D eigenvalue weighted by molar-refractivity contribution is 7.86. The summed E-state index contributed by atoms with van der Waals surface area (Å²) in [6.07, 6.45) is 0. The van der Waals surface area contributed by atoms with Crippen molar-refractivity contribution in [3.8, 4) is 11.5 Å². The molecule has 0 radical (unpaired) electrons. The molecule has 0 aliphatic rings. The predicted octanol–water partition coefficient (Wildman–Crippen LogP) is 2.41. The summed E-state index contributed by atoms with van der Waals surface area (Å²) >= 11 is 0. The molecule has 0 bridgehead atoms. The fraction of sp³-hybridized carbons (Fsp3) is 0. The third-order valence-corrected chi connectivity index (χ3v) is 6.64.